The highest BCUT2D eigenvalue weighted by molar-refractivity contribution is 6.31. The van der Waals surface area contributed by atoms with Gasteiger partial charge in [0.15, 0.2) is 0 Å². The summed E-state index contributed by atoms with van der Waals surface area (Å²) in [6.45, 7) is 4.06. The number of nitrogens with zero attached hydrogens (tertiary/aromatic N) is 1. The van der Waals surface area contributed by atoms with Crippen molar-refractivity contribution < 1.29 is 9.69 Å². The van der Waals surface area contributed by atoms with E-state index in [-0.39, 0.29) is 5.91 Å². The van der Waals surface area contributed by atoms with Gasteiger partial charge in [0.2, 0.25) is 5.91 Å². The van der Waals surface area contributed by atoms with Gasteiger partial charge in [0.05, 0.1) is 50.5 Å². The Labute approximate surface area is 183 Å². The Morgan fingerprint density at radius 2 is 1.50 bits per heavy atom. The van der Waals surface area contributed by atoms with E-state index in [1.54, 1.807) is 0 Å². The van der Waals surface area contributed by atoms with Crippen LogP contribution in [0.5, 0.6) is 0 Å². The number of piperazine rings is 1. The minimum Gasteiger partial charge on any atom is -0.359 e. The van der Waals surface area contributed by atoms with Crippen molar-refractivity contribution in [3.8, 4) is 0 Å². The average Bonchev–Trinajstić information content (AvgIpc) is 2.76. The molecule has 3 aromatic rings. The molecule has 4 nitrogen and oxygen atoms in total. The third-order valence-electron chi connectivity index (χ3n) is 5.70. The summed E-state index contributed by atoms with van der Waals surface area (Å²) in [7, 11) is 2.21. The molecule has 0 unspecified atom stereocenters. The van der Waals surface area contributed by atoms with Gasteiger partial charge in [-0.25, -0.2) is 0 Å². The van der Waals surface area contributed by atoms with Gasteiger partial charge in [-0.2, -0.15) is 0 Å². The second kappa shape index (κ2) is 9.33. The van der Waals surface area contributed by atoms with Crippen LogP contribution in [0.2, 0.25) is 5.02 Å². The van der Waals surface area contributed by atoms with E-state index in [1.807, 2.05) is 78.9 Å². The van der Waals surface area contributed by atoms with Crippen LogP contribution in [-0.4, -0.2) is 39.1 Å². The number of quaternary nitrogens is 1. The van der Waals surface area contributed by atoms with Crippen molar-refractivity contribution in [2.45, 2.75) is 5.92 Å². The summed E-state index contributed by atoms with van der Waals surface area (Å²) in [6, 6.07) is 25.6. The summed E-state index contributed by atoms with van der Waals surface area (Å²) >= 11 is 6.30. The van der Waals surface area contributed by atoms with Crippen molar-refractivity contribution in [2.75, 3.05) is 43.4 Å². The third-order valence-corrected chi connectivity index (χ3v) is 5.94. The van der Waals surface area contributed by atoms with Gasteiger partial charge in [-0.1, -0.05) is 72.3 Å². The van der Waals surface area contributed by atoms with Crippen LogP contribution in [0.15, 0.2) is 78.9 Å². The molecule has 154 valence electrons. The first kappa shape index (κ1) is 20.5. The quantitative estimate of drug-likeness (QED) is 0.663. The number of anilines is 2. The van der Waals surface area contributed by atoms with Crippen LogP contribution >= 0.6 is 11.6 Å². The first-order valence-electron chi connectivity index (χ1n) is 10.4. The fraction of sp³-hybridized carbons (Fsp3) is 0.240. The van der Waals surface area contributed by atoms with Crippen LogP contribution in [0.3, 0.4) is 0 Å². The van der Waals surface area contributed by atoms with Crippen molar-refractivity contribution in [1.29, 1.82) is 0 Å². The zero-order valence-corrected chi connectivity index (χ0v) is 17.9. The summed E-state index contributed by atoms with van der Waals surface area (Å²) < 4.78 is 0. The van der Waals surface area contributed by atoms with E-state index >= 15 is 0 Å². The van der Waals surface area contributed by atoms with Crippen molar-refractivity contribution >= 4 is 28.9 Å². The highest BCUT2D eigenvalue weighted by Crippen LogP contribution is 2.32. The van der Waals surface area contributed by atoms with Gasteiger partial charge in [-0.3, -0.25) is 4.79 Å². The SMILES string of the molecule is C[NH+]1CCN(c2ccc(Cl)cc2NC(=O)C(c2ccccc2)c2ccccc2)CC1. The van der Waals surface area contributed by atoms with Crippen molar-refractivity contribution in [1.82, 2.24) is 0 Å². The molecule has 0 aromatic heterocycles. The Hall–Kier alpha value is -2.82. The fourth-order valence-corrected chi connectivity index (χ4v) is 4.18. The Kier molecular flexibility index (Phi) is 6.36. The molecule has 1 saturated heterocycles. The van der Waals surface area contributed by atoms with Crippen LogP contribution in [0.25, 0.3) is 0 Å². The first-order chi connectivity index (χ1) is 14.6. The number of likely N-dealkylation sites (N-methyl/N-ethyl adjacent to an activating group) is 1. The molecule has 5 heteroatoms. The van der Waals surface area contributed by atoms with Gasteiger partial charge in [0.1, 0.15) is 0 Å². The standard InChI is InChI=1S/C25H26ClN3O/c1-28-14-16-29(17-15-28)23-13-12-21(26)18-22(23)27-25(30)24(19-8-4-2-5-9-19)20-10-6-3-7-11-20/h2-13,18,24H,14-17H2,1H3,(H,27,30)/p+1. The minimum atomic E-state index is -0.392. The molecule has 30 heavy (non-hydrogen) atoms. The molecule has 0 radical (unpaired) electrons. The van der Waals surface area contributed by atoms with E-state index in [0.29, 0.717) is 5.02 Å². The van der Waals surface area contributed by atoms with E-state index in [2.05, 4.69) is 17.3 Å². The number of rotatable bonds is 5. The molecule has 1 heterocycles. The van der Waals surface area contributed by atoms with E-state index in [1.165, 1.54) is 4.90 Å². The Morgan fingerprint density at radius 1 is 0.933 bits per heavy atom. The van der Waals surface area contributed by atoms with Gasteiger partial charge in [0, 0.05) is 5.02 Å². The Balaban J connectivity index is 1.65. The molecule has 0 bridgehead atoms. The normalized spacial score (nSPS) is 14.7. The Bertz CT molecular complexity index is 946. The maximum absolute atomic E-state index is 13.5. The van der Waals surface area contributed by atoms with E-state index in [0.717, 1.165) is 48.7 Å². The maximum Gasteiger partial charge on any atom is 0.236 e. The number of halogens is 1. The minimum absolute atomic E-state index is 0.0596. The lowest BCUT2D eigenvalue weighted by Gasteiger charge is -2.33. The number of nitrogens with one attached hydrogen (secondary N) is 2. The van der Waals surface area contributed by atoms with Crippen molar-refractivity contribution in [2.24, 2.45) is 0 Å². The molecule has 0 atom stereocenters. The van der Waals surface area contributed by atoms with E-state index < -0.39 is 5.92 Å². The number of amides is 1. The topological polar surface area (TPSA) is 36.8 Å². The predicted molar refractivity (Wildman–Crippen MR) is 124 cm³/mol. The lowest BCUT2D eigenvalue weighted by Crippen LogP contribution is -3.12. The summed E-state index contributed by atoms with van der Waals surface area (Å²) in [5, 5.41) is 3.80. The molecule has 1 amide bonds. The summed E-state index contributed by atoms with van der Waals surface area (Å²) in [6.07, 6.45) is 0. The van der Waals surface area contributed by atoms with Gasteiger partial charge < -0.3 is 15.1 Å². The smallest absolute Gasteiger partial charge is 0.236 e. The lowest BCUT2D eigenvalue weighted by molar-refractivity contribution is -0.880. The van der Waals surface area contributed by atoms with Gasteiger partial charge in [0.25, 0.3) is 0 Å². The van der Waals surface area contributed by atoms with Crippen LogP contribution in [0.4, 0.5) is 11.4 Å². The second-order valence-electron chi connectivity index (χ2n) is 7.85. The van der Waals surface area contributed by atoms with Crippen molar-refractivity contribution in [3.63, 3.8) is 0 Å². The number of benzene rings is 3. The summed E-state index contributed by atoms with van der Waals surface area (Å²) in [5.41, 5.74) is 3.73. The highest BCUT2D eigenvalue weighted by Gasteiger charge is 2.25. The zero-order valence-electron chi connectivity index (χ0n) is 17.1. The molecule has 3 aromatic carbocycles. The molecule has 0 spiro atoms. The molecule has 2 N–H and O–H groups in total. The van der Waals surface area contributed by atoms with Crippen molar-refractivity contribution in [3.05, 3.63) is 95.0 Å². The Morgan fingerprint density at radius 3 is 2.07 bits per heavy atom. The van der Waals surface area contributed by atoms with Gasteiger partial charge in [-0.05, 0) is 29.3 Å². The molecular formula is C25H27ClN3O+. The molecular weight excluding hydrogens is 394 g/mol. The zero-order chi connectivity index (χ0) is 20.9. The molecule has 1 aliphatic heterocycles. The number of carbonyl (C=O) groups is 1. The van der Waals surface area contributed by atoms with E-state index in [4.69, 9.17) is 11.6 Å². The number of hydrogen-bond donors (Lipinski definition) is 2. The van der Waals surface area contributed by atoms with Crippen LogP contribution in [0, 0.1) is 0 Å². The van der Waals surface area contributed by atoms with Gasteiger partial charge >= 0.3 is 0 Å². The van der Waals surface area contributed by atoms with E-state index in [9.17, 15) is 4.79 Å². The number of carbonyl (C=O) groups excluding carboxylic acids is 1. The largest absolute Gasteiger partial charge is 0.359 e. The lowest BCUT2D eigenvalue weighted by atomic mass is 9.90. The molecule has 0 saturated carbocycles. The predicted octanol–water partition coefficient (Wildman–Crippen LogP) is 3.45. The third kappa shape index (κ3) is 4.66. The number of hydrogen-bond acceptors (Lipinski definition) is 2. The highest BCUT2D eigenvalue weighted by atomic mass is 35.5. The summed E-state index contributed by atoms with van der Waals surface area (Å²) in [5.74, 6) is -0.452. The van der Waals surface area contributed by atoms with Crippen LogP contribution in [-0.2, 0) is 4.79 Å². The average molecular weight is 421 g/mol. The monoisotopic (exact) mass is 420 g/mol. The molecule has 0 aliphatic carbocycles. The molecule has 1 aliphatic rings. The van der Waals surface area contributed by atoms with Gasteiger partial charge in [-0.15, -0.1) is 0 Å². The first-order valence-corrected chi connectivity index (χ1v) is 10.8. The van der Waals surface area contributed by atoms with Crippen LogP contribution in [0.1, 0.15) is 17.0 Å². The summed E-state index contributed by atoms with van der Waals surface area (Å²) in [4.78, 5) is 17.4. The molecule has 1 fully saturated rings. The fourth-order valence-electron chi connectivity index (χ4n) is 4.00. The second-order valence-corrected chi connectivity index (χ2v) is 8.29. The molecule has 4 rings (SSSR count). The van der Waals surface area contributed by atoms with Crippen LogP contribution < -0.4 is 15.1 Å². The maximum atomic E-state index is 13.5.